The van der Waals surface area contributed by atoms with Crippen molar-refractivity contribution in [3.05, 3.63) is 58.7 Å². The molecule has 1 aliphatic rings. The first-order valence-corrected chi connectivity index (χ1v) is 9.12. The molecule has 2 aromatic carbocycles. The van der Waals surface area contributed by atoms with Gasteiger partial charge in [0.1, 0.15) is 20.2 Å². The van der Waals surface area contributed by atoms with Crippen LogP contribution in [0.25, 0.3) is 0 Å². The molecule has 2 aromatic rings. The largest absolute Gasteiger partial charge is 1.00 e. The first kappa shape index (κ1) is 23.6. The van der Waals surface area contributed by atoms with Crippen molar-refractivity contribution in [3.8, 4) is 0 Å². The summed E-state index contributed by atoms with van der Waals surface area (Å²) in [6.45, 7) is 0. The number of carbonyl (C=O) groups excluding carboxylic acids is 2. The van der Waals surface area contributed by atoms with E-state index in [0.717, 1.165) is 0 Å². The molecule has 0 radical (unpaired) electrons. The molecule has 3 rings (SSSR count). The molecule has 0 fully saturated rings. The van der Waals surface area contributed by atoms with Crippen LogP contribution in [0.4, 0.5) is 0 Å². The Labute approximate surface area is 193 Å². The smallest absolute Gasteiger partial charge is 0.744 e. The molecular weight excluding hydrogens is 406 g/mol. The summed E-state index contributed by atoms with van der Waals surface area (Å²) in [5.74, 6) is -2.03. The van der Waals surface area contributed by atoms with Crippen LogP contribution < -0.4 is 59.1 Å². The van der Waals surface area contributed by atoms with Crippen LogP contribution in [0.2, 0.25) is 0 Å². The molecule has 0 bridgehead atoms. The van der Waals surface area contributed by atoms with Crippen LogP contribution in [0.3, 0.4) is 0 Å². The molecule has 0 atom stereocenters. The van der Waals surface area contributed by atoms with E-state index in [-0.39, 0.29) is 70.2 Å². The second kappa shape index (κ2) is 7.92. The maximum atomic E-state index is 12.5. The van der Waals surface area contributed by atoms with Crippen LogP contribution in [0.5, 0.6) is 0 Å². The first-order valence-electron chi connectivity index (χ1n) is 6.30. The van der Waals surface area contributed by atoms with E-state index in [1.165, 1.54) is 24.3 Å². The van der Waals surface area contributed by atoms with Gasteiger partial charge in [0, 0.05) is 11.1 Å². The Morgan fingerprint density at radius 2 is 0.923 bits per heavy atom. The molecule has 0 saturated carbocycles. The van der Waals surface area contributed by atoms with Crippen LogP contribution in [0.1, 0.15) is 31.8 Å². The predicted octanol–water partition coefficient (Wildman–Crippen LogP) is -5.72. The third-order valence-electron chi connectivity index (χ3n) is 3.54. The fraction of sp³-hybridized carbons (Fsp3) is 0. The summed E-state index contributed by atoms with van der Waals surface area (Å²) in [4.78, 5) is 23.0. The molecule has 0 N–H and O–H groups in total. The molecule has 0 spiro atoms. The number of fused-ring (bicyclic) bond motifs is 2. The third-order valence-corrected chi connectivity index (χ3v) is 5.30. The molecule has 0 saturated heterocycles. The van der Waals surface area contributed by atoms with Gasteiger partial charge in [-0.3, -0.25) is 9.59 Å². The third kappa shape index (κ3) is 3.90. The van der Waals surface area contributed by atoms with Crippen molar-refractivity contribution in [2.24, 2.45) is 0 Å². The van der Waals surface area contributed by atoms with E-state index < -0.39 is 52.7 Å². The van der Waals surface area contributed by atoms with Gasteiger partial charge in [-0.2, -0.15) is 0 Å². The minimum absolute atomic E-state index is 0. The summed E-state index contributed by atoms with van der Waals surface area (Å²) in [5, 5.41) is 0. The van der Waals surface area contributed by atoms with Gasteiger partial charge in [-0.1, -0.05) is 24.3 Å². The summed E-state index contributed by atoms with van der Waals surface area (Å²) in [7, 11) is -10.4. The number of carbonyl (C=O) groups is 2. The van der Waals surface area contributed by atoms with Crippen LogP contribution in [0.15, 0.2) is 46.2 Å². The Kier molecular flexibility index (Phi) is 7.20. The fourth-order valence-electron chi connectivity index (χ4n) is 2.58. The second-order valence-electron chi connectivity index (χ2n) is 4.92. The molecular formula is C14H6Na2O8S2. The molecule has 12 heteroatoms. The Bertz CT molecular complexity index is 1050. The van der Waals surface area contributed by atoms with Crippen LogP contribution in [-0.4, -0.2) is 37.5 Å². The number of benzene rings is 2. The van der Waals surface area contributed by atoms with E-state index in [4.69, 9.17) is 0 Å². The Hall–Kier alpha value is -0.400. The van der Waals surface area contributed by atoms with Crippen molar-refractivity contribution in [1.82, 2.24) is 0 Å². The van der Waals surface area contributed by atoms with Crippen molar-refractivity contribution in [3.63, 3.8) is 0 Å². The molecule has 0 aliphatic heterocycles. The summed E-state index contributed by atoms with van der Waals surface area (Å²) in [6.07, 6.45) is 0. The molecule has 8 nitrogen and oxygen atoms in total. The monoisotopic (exact) mass is 412 g/mol. The topological polar surface area (TPSA) is 149 Å². The zero-order valence-corrected chi connectivity index (χ0v) is 19.2. The number of hydrogen-bond donors (Lipinski definition) is 0. The SMILES string of the molecule is O=C1c2ccccc2C(=O)c2c(S(=O)(=O)[O-])ccc(S(=O)(=O)[O-])c21.[Na+].[Na+]. The summed E-state index contributed by atoms with van der Waals surface area (Å²) < 4.78 is 68.3. The maximum Gasteiger partial charge on any atom is 1.00 e. The Morgan fingerprint density at radius 1 is 0.615 bits per heavy atom. The van der Waals surface area contributed by atoms with Gasteiger partial charge in [0.15, 0.2) is 11.6 Å². The van der Waals surface area contributed by atoms with E-state index in [9.17, 15) is 35.5 Å². The Balaban J connectivity index is 0.00000169. The molecule has 0 unspecified atom stereocenters. The number of ketones is 2. The Morgan fingerprint density at radius 3 is 1.19 bits per heavy atom. The molecule has 1 aliphatic carbocycles. The van der Waals surface area contributed by atoms with E-state index in [2.05, 4.69) is 0 Å². The minimum Gasteiger partial charge on any atom is -0.744 e. The zero-order chi connectivity index (χ0) is 17.9. The fourth-order valence-corrected chi connectivity index (χ4v) is 3.94. The number of hydrogen-bond acceptors (Lipinski definition) is 8. The van der Waals surface area contributed by atoms with Crippen molar-refractivity contribution < 1.29 is 94.6 Å². The molecule has 26 heavy (non-hydrogen) atoms. The van der Waals surface area contributed by atoms with Gasteiger partial charge in [-0.25, -0.2) is 16.8 Å². The van der Waals surface area contributed by atoms with Gasteiger partial charge in [0.2, 0.25) is 0 Å². The average molecular weight is 412 g/mol. The second-order valence-corrected chi connectivity index (χ2v) is 7.62. The normalized spacial score (nSPS) is 13.2. The minimum atomic E-state index is -5.19. The van der Waals surface area contributed by atoms with E-state index in [1.54, 1.807) is 0 Å². The van der Waals surface area contributed by atoms with Crippen LogP contribution >= 0.6 is 0 Å². The molecule has 0 heterocycles. The van der Waals surface area contributed by atoms with Crippen molar-refractivity contribution in [2.75, 3.05) is 0 Å². The molecule has 0 amide bonds. The van der Waals surface area contributed by atoms with Gasteiger partial charge in [-0.05, 0) is 12.1 Å². The van der Waals surface area contributed by atoms with Gasteiger partial charge >= 0.3 is 59.1 Å². The van der Waals surface area contributed by atoms with Crippen molar-refractivity contribution in [2.45, 2.75) is 9.79 Å². The van der Waals surface area contributed by atoms with Crippen LogP contribution in [-0.2, 0) is 20.2 Å². The average Bonchev–Trinajstić information content (AvgIpc) is 2.49. The van der Waals surface area contributed by atoms with Gasteiger partial charge in [0.05, 0.1) is 20.9 Å². The van der Waals surface area contributed by atoms with Gasteiger partial charge in [-0.15, -0.1) is 0 Å². The number of rotatable bonds is 2. The predicted molar refractivity (Wildman–Crippen MR) is 75.7 cm³/mol. The molecule has 0 aromatic heterocycles. The van der Waals surface area contributed by atoms with Crippen molar-refractivity contribution >= 4 is 31.8 Å². The van der Waals surface area contributed by atoms with E-state index in [1.807, 2.05) is 0 Å². The van der Waals surface area contributed by atoms with E-state index >= 15 is 0 Å². The molecule has 124 valence electrons. The van der Waals surface area contributed by atoms with Crippen molar-refractivity contribution in [1.29, 1.82) is 0 Å². The van der Waals surface area contributed by atoms with Gasteiger partial charge in [0.25, 0.3) is 0 Å². The summed E-state index contributed by atoms with van der Waals surface area (Å²) >= 11 is 0. The maximum absolute atomic E-state index is 12.5. The quantitative estimate of drug-likeness (QED) is 0.299. The van der Waals surface area contributed by atoms with Crippen LogP contribution in [0, 0.1) is 0 Å². The standard InChI is InChI=1S/C14H8O8S2.2Na/c15-13-7-3-1-2-4-8(7)14(16)12-10(24(20,21)22)6-5-9(11(12)13)23(17,18)19;;/h1-6H,(H,17,18,19)(H,20,21,22);;/q;2*+1/p-2. The zero-order valence-electron chi connectivity index (χ0n) is 13.5. The summed E-state index contributed by atoms with van der Waals surface area (Å²) in [5.41, 5.74) is -2.13. The summed E-state index contributed by atoms with van der Waals surface area (Å²) in [6, 6.07) is 6.38. The van der Waals surface area contributed by atoms with E-state index in [0.29, 0.717) is 12.1 Å². The van der Waals surface area contributed by atoms with Gasteiger partial charge < -0.3 is 9.11 Å². The first-order chi connectivity index (χ1) is 11.0.